The molecule has 5 heteroatoms. The molecule has 1 aliphatic heterocycles. The minimum Gasteiger partial charge on any atom is -0.461 e. The SMILES string of the molecule is CC1CCN(C(N)=NCCc2cc3ccccc3o2)CC1.I. The molecule has 2 heterocycles. The summed E-state index contributed by atoms with van der Waals surface area (Å²) in [6.07, 6.45) is 3.21. The highest BCUT2D eigenvalue weighted by Gasteiger charge is 2.16. The standard InChI is InChI=1S/C17H23N3O.HI/c1-13-7-10-20(11-8-13)17(18)19-9-6-15-12-14-4-2-3-5-16(14)21-15;/h2-5,12-13H,6-11H2,1H3,(H2,18,19);1H. The quantitative estimate of drug-likeness (QED) is 0.475. The van der Waals surface area contributed by atoms with Gasteiger partial charge >= 0.3 is 0 Å². The first-order valence-electron chi connectivity index (χ1n) is 7.74. The number of hydrogen-bond acceptors (Lipinski definition) is 2. The fourth-order valence-electron chi connectivity index (χ4n) is 2.78. The van der Waals surface area contributed by atoms with Crippen LogP contribution in [0.4, 0.5) is 0 Å². The third-order valence-electron chi connectivity index (χ3n) is 4.22. The van der Waals surface area contributed by atoms with Crippen molar-refractivity contribution in [1.29, 1.82) is 0 Å². The largest absolute Gasteiger partial charge is 0.461 e. The summed E-state index contributed by atoms with van der Waals surface area (Å²) < 4.78 is 5.79. The topological polar surface area (TPSA) is 54.8 Å². The van der Waals surface area contributed by atoms with Gasteiger partial charge in [0.25, 0.3) is 0 Å². The zero-order valence-electron chi connectivity index (χ0n) is 13.0. The van der Waals surface area contributed by atoms with Gasteiger partial charge in [0.15, 0.2) is 5.96 Å². The van der Waals surface area contributed by atoms with Gasteiger partial charge < -0.3 is 15.1 Å². The molecule has 1 aromatic carbocycles. The number of likely N-dealkylation sites (tertiary alicyclic amines) is 1. The maximum absolute atomic E-state index is 6.08. The number of piperidine rings is 1. The van der Waals surface area contributed by atoms with Gasteiger partial charge in [0.1, 0.15) is 11.3 Å². The molecule has 22 heavy (non-hydrogen) atoms. The van der Waals surface area contributed by atoms with Crippen LogP contribution < -0.4 is 5.73 Å². The Morgan fingerprint density at radius 1 is 1.32 bits per heavy atom. The lowest BCUT2D eigenvalue weighted by Gasteiger charge is -2.31. The van der Waals surface area contributed by atoms with E-state index in [1.165, 1.54) is 12.8 Å². The lowest BCUT2D eigenvalue weighted by atomic mass is 10.00. The monoisotopic (exact) mass is 413 g/mol. The molecule has 0 bridgehead atoms. The summed E-state index contributed by atoms with van der Waals surface area (Å²) in [6, 6.07) is 10.2. The minimum atomic E-state index is 0. The summed E-state index contributed by atoms with van der Waals surface area (Å²) in [7, 11) is 0. The molecule has 2 N–H and O–H groups in total. The minimum absolute atomic E-state index is 0. The molecule has 3 rings (SSSR count). The number of nitrogens with two attached hydrogens (primary N) is 1. The molecular weight excluding hydrogens is 389 g/mol. The number of halogens is 1. The zero-order chi connectivity index (χ0) is 14.7. The van der Waals surface area contributed by atoms with E-state index in [0.29, 0.717) is 12.5 Å². The highest BCUT2D eigenvalue weighted by atomic mass is 127. The first kappa shape index (κ1) is 17.1. The molecule has 1 aromatic heterocycles. The summed E-state index contributed by atoms with van der Waals surface area (Å²) in [6.45, 7) is 5.03. The van der Waals surface area contributed by atoms with Crippen LogP contribution in [0.5, 0.6) is 0 Å². The average molecular weight is 413 g/mol. The van der Waals surface area contributed by atoms with E-state index in [1.807, 2.05) is 18.2 Å². The van der Waals surface area contributed by atoms with Crippen LogP contribution in [-0.2, 0) is 6.42 Å². The molecule has 0 amide bonds. The van der Waals surface area contributed by atoms with Crippen LogP contribution in [0.2, 0.25) is 0 Å². The second-order valence-electron chi connectivity index (χ2n) is 5.91. The Balaban J connectivity index is 0.00000176. The number of benzene rings is 1. The van der Waals surface area contributed by atoms with Gasteiger partial charge in [-0.05, 0) is 30.9 Å². The summed E-state index contributed by atoms with van der Waals surface area (Å²) in [5, 5.41) is 1.15. The van der Waals surface area contributed by atoms with Crippen LogP contribution in [0.1, 0.15) is 25.5 Å². The second kappa shape index (κ2) is 7.85. The molecule has 0 atom stereocenters. The zero-order valence-corrected chi connectivity index (χ0v) is 15.3. The van der Waals surface area contributed by atoms with Crippen molar-refractivity contribution in [1.82, 2.24) is 4.90 Å². The predicted octanol–water partition coefficient (Wildman–Crippen LogP) is 3.64. The Labute approximate surface area is 148 Å². The smallest absolute Gasteiger partial charge is 0.191 e. The van der Waals surface area contributed by atoms with Crippen molar-refractivity contribution in [3.8, 4) is 0 Å². The van der Waals surface area contributed by atoms with Crippen molar-refractivity contribution in [3.63, 3.8) is 0 Å². The normalized spacial score (nSPS) is 16.8. The maximum atomic E-state index is 6.08. The van der Waals surface area contributed by atoms with Crippen LogP contribution >= 0.6 is 24.0 Å². The van der Waals surface area contributed by atoms with Gasteiger partial charge in [-0.2, -0.15) is 0 Å². The predicted molar refractivity (Wildman–Crippen MR) is 102 cm³/mol. The van der Waals surface area contributed by atoms with E-state index in [4.69, 9.17) is 10.2 Å². The van der Waals surface area contributed by atoms with Crippen molar-refractivity contribution in [2.75, 3.05) is 19.6 Å². The first-order valence-corrected chi connectivity index (χ1v) is 7.74. The van der Waals surface area contributed by atoms with Crippen LogP contribution in [0.3, 0.4) is 0 Å². The average Bonchev–Trinajstić information content (AvgIpc) is 2.90. The van der Waals surface area contributed by atoms with Gasteiger partial charge in [-0.1, -0.05) is 25.1 Å². The van der Waals surface area contributed by atoms with Crippen molar-refractivity contribution in [2.24, 2.45) is 16.6 Å². The summed E-state index contributed by atoms with van der Waals surface area (Å²) in [4.78, 5) is 6.69. The number of para-hydroxylation sites is 1. The van der Waals surface area contributed by atoms with E-state index in [1.54, 1.807) is 0 Å². The van der Waals surface area contributed by atoms with Crippen LogP contribution in [0.15, 0.2) is 39.7 Å². The Kier molecular flexibility index (Phi) is 6.11. The molecule has 0 saturated carbocycles. The number of guanidine groups is 1. The number of furan rings is 1. The Morgan fingerprint density at radius 2 is 2.05 bits per heavy atom. The van der Waals surface area contributed by atoms with Crippen LogP contribution in [0, 0.1) is 5.92 Å². The van der Waals surface area contributed by atoms with Crippen molar-refractivity contribution >= 4 is 40.9 Å². The molecule has 0 radical (unpaired) electrons. The second-order valence-corrected chi connectivity index (χ2v) is 5.91. The van der Waals surface area contributed by atoms with E-state index in [-0.39, 0.29) is 24.0 Å². The van der Waals surface area contributed by atoms with Crippen molar-refractivity contribution in [3.05, 3.63) is 36.1 Å². The van der Waals surface area contributed by atoms with Gasteiger partial charge in [-0.15, -0.1) is 24.0 Å². The molecule has 0 aliphatic carbocycles. The summed E-state index contributed by atoms with van der Waals surface area (Å²) >= 11 is 0. The third-order valence-corrected chi connectivity index (χ3v) is 4.22. The van der Waals surface area contributed by atoms with E-state index >= 15 is 0 Å². The van der Waals surface area contributed by atoms with E-state index in [2.05, 4.69) is 28.9 Å². The Morgan fingerprint density at radius 3 is 2.77 bits per heavy atom. The number of aliphatic imine (C=N–C) groups is 1. The fourth-order valence-corrected chi connectivity index (χ4v) is 2.78. The third kappa shape index (κ3) is 4.15. The molecule has 0 spiro atoms. The molecule has 1 fully saturated rings. The maximum Gasteiger partial charge on any atom is 0.191 e. The van der Waals surface area contributed by atoms with Crippen molar-refractivity contribution in [2.45, 2.75) is 26.2 Å². The number of nitrogens with zero attached hydrogens (tertiary/aromatic N) is 2. The fraction of sp³-hybridized carbons (Fsp3) is 0.471. The van der Waals surface area contributed by atoms with Gasteiger partial charge in [0, 0.05) is 31.4 Å². The molecule has 1 saturated heterocycles. The lowest BCUT2D eigenvalue weighted by Crippen LogP contribution is -2.42. The first-order chi connectivity index (χ1) is 10.2. The molecular formula is C17H24IN3O. The van der Waals surface area contributed by atoms with E-state index in [0.717, 1.165) is 42.2 Å². The Hall–Kier alpha value is -1.24. The highest BCUT2D eigenvalue weighted by Crippen LogP contribution is 2.19. The van der Waals surface area contributed by atoms with Crippen molar-refractivity contribution < 1.29 is 4.42 Å². The number of fused-ring (bicyclic) bond motifs is 1. The van der Waals surface area contributed by atoms with Crippen LogP contribution in [0.25, 0.3) is 11.0 Å². The highest BCUT2D eigenvalue weighted by molar-refractivity contribution is 14.0. The molecule has 1 aliphatic rings. The molecule has 120 valence electrons. The van der Waals surface area contributed by atoms with Gasteiger partial charge in [-0.3, -0.25) is 4.99 Å². The molecule has 0 unspecified atom stereocenters. The number of hydrogen-bond donors (Lipinski definition) is 1. The van der Waals surface area contributed by atoms with E-state index < -0.39 is 0 Å². The van der Waals surface area contributed by atoms with Gasteiger partial charge in [0.05, 0.1) is 0 Å². The Bertz CT molecular complexity index is 597. The van der Waals surface area contributed by atoms with Crippen LogP contribution in [-0.4, -0.2) is 30.5 Å². The summed E-state index contributed by atoms with van der Waals surface area (Å²) in [5.74, 6) is 2.46. The summed E-state index contributed by atoms with van der Waals surface area (Å²) in [5.41, 5.74) is 7.02. The van der Waals surface area contributed by atoms with Gasteiger partial charge in [0.2, 0.25) is 0 Å². The molecule has 2 aromatic rings. The number of rotatable bonds is 3. The van der Waals surface area contributed by atoms with Gasteiger partial charge in [-0.25, -0.2) is 0 Å². The molecule has 4 nitrogen and oxygen atoms in total. The van der Waals surface area contributed by atoms with E-state index in [9.17, 15) is 0 Å². The lowest BCUT2D eigenvalue weighted by molar-refractivity contribution is 0.277.